The van der Waals surface area contributed by atoms with Crippen LogP contribution in [0.3, 0.4) is 0 Å². The molecule has 0 saturated carbocycles. The molecule has 0 saturated heterocycles. The molecule has 0 bridgehead atoms. The van der Waals surface area contributed by atoms with Gasteiger partial charge in [-0.2, -0.15) is 4.31 Å². The molecule has 1 aliphatic carbocycles. The molecular weight excluding hydrogens is 362 g/mol. The molecule has 3 nitrogen and oxygen atoms in total. The third-order valence-corrected chi connectivity index (χ3v) is 7.15. The van der Waals surface area contributed by atoms with Gasteiger partial charge in [-0.25, -0.2) is 8.42 Å². The molecule has 0 unspecified atom stereocenters. The monoisotopic (exact) mass is 379 g/mol. The number of benzene rings is 2. The molecule has 0 spiro atoms. The number of hydrogen-bond donors (Lipinski definition) is 0. The van der Waals surface area contributed by atoms with Crippen LogP contribution in [-0.4, -0.2) is 19.8 Å². The van der Waals surface area contributed by atoms with E-state index in [1.54, 1.807) is 25.2 Å². The average molecular weight is 380 g/mol. The van der Waals surface area contributed by atoms with Crippen molar-refractivity contribution in [3.8, 4) is 0 Å². The predicted octanol–water partition coefficient (Wildman–Crippen LogP) is 4.15. The summed E-state index contributed by atoms with van der Waals surface area (Å²) in [5.41, 5.74) is 2.39. The van der Waals surface area contributed by atoms with E-state index in [1.807, 2.05) is 24.3 Å². The largest absolute Gasteiger partial charge is 0.244 e. The zero-order valence-electron chi connectivity index (χ0n) is 12.4. The van der Waals surface area contributed by atoms with Crippen LogP contribution in [0, 0.1) is 0 Å². The van der Waals surface area contributed by atoms with Crippen molar-refractivity contribution in [2.45, 2.75) is 30.2 Å². The Morgan fingerprint density at radius 2 is 1.77 bits per heavy atom. The van der Waals surface area contributed by atoms with Gasteiger partial charge in [0.05, 0.1) is 4.90 Å². The summed E-state index contributed by atoms with van der Waals surface area (Å²) in [7, 11) is -1.84. The third kappa shape index (κ3) is 2.73. The van der Waals surface area contributed by atoms with Crippen LogP contribution in [0.5, 0.6) is 0 Å². The number of rotatable bonds is 3. The van der Waals surface area contributed by atoms with Crippen molar-refractivity contribution >= 4 is 26.0 Å². The lowest BCUT2D eigenvalue weighted by atomic mass is 9.88. The Kier molecular flexibility index (Phi) is 4.39. The summed E-state index contributed by atoms with van der Waals surface area (Å²) in [6.45, 7) is 0. The van der Waals surface area contributed by atoms with Gasteiger partial charge < -0.3 is 0 Å². The molecule has 1 aliphatic rings. The average Bonchev–Trinajstić information content (AvgIpc) is 2.54. The van der Waals surface area contributed by atoms with Crippen molar-refractivity contribution in [3.63, 3.8) is 0 Å². The van der Waals surface area contributed by atoms with Gasteiger partial charge in [-0.1, -0.05) is 36.4 Å². The number of hydrogen-bond acceptors (Lipinski definition) is 2. The molecule has 0 radical (unpaired) electrons. The number of nitrogens with zero attached hydrogens (tertiary/aromatic N) is 1. The zero-order valence-corrected chi connectivity index (χ0v) is 14.8. The molecule has 0 aromatic heterocycles. The molecule has 116 valence electrons. The maximum atomic E-state index is 13.0. The van der Waals surface area contributed by atoms with E-state index in [4.69, 9.17) is 0 Å². The Hall–Kier alpha value is -1.17. The van der Waals surface area contributed by atoms with E-state index in [0.717, 1.165) is 24.8 Å². The molecule has 3 rings (SSSR count). The Labute approximate surface area is 140 Å². The van der Waals surface area contributed by atoms with Gasteiger partial charge in [0.1, 0.15) is 0 Å². The minimum Gasteiger partial charge on any atom is -0.207 e. The fraction of sp³-hybridized carbons (Fsp3) is 0.294. The van der Waals surface area contributed by atoms with Gasteiger partial charge in [-0.15, -0.1) is 0 Å². The first-order valence-corrected chi connectivity index (χ1v) is 9.55. The summed E-state index contributed by atoms with van der Waals surface area (Å²) in [4.78, 5) is 0.320. The standard InChI is InChI=1S/C17H18BrNO2S/c1-19(22(20,21)17-12-5-4-10-15(17)18)16-11-6-8-13-7-2-3-9-14(13)16/h2-5,7,9-10,12,16H,6,8,11H2,1H3/t16-/m0/s1. The van der Waals surface area contributed by atoms with Crippen LogP contribution in [0.4, 0.5) is 0 Å². The summed E-state index contributed by atoms with van der Waals surface area (Å²) in [5.74, 6) is 0. The lowest BCUT2D eigenvalue weighted by Crippen LogP contribution is -2.33. The highest BCUT2D eigenvalue weighted by atomic mass is 79.9. The minimum atomic E-state index is -3.53. The van der Waals surface area contributed by atoms with Gasteiger partial charge in [0.15, 0.2) is 0 Å². The Bertz CT molecular complexity index is 789. The molecule has 0 heterocycles. The highest BCUT2D eigenvalue weighted by molar-refractivity contribution is 9.10. The smallest absolute Gasteiger partial charge is 0.207 e. The quantitative estimate of drug-likeness (QED) is 0.803. The summed E-state index contributed by atoms with van der Waals surface area (Å²) in [6, 6.07) is 15.0. The van der Waals surface area contributed by atoms with E-state index in [2.05, 4.69) is 22.0 Å². The number of halogens is 1. The van der Waals surface area contributed by atoms with Gasteiger partial charge in [-0.05, 0) is 58.5 Å². The molecule has 0 N–H and O–H groups in total. The van der Waals surface area contributed by atoms with Crippen LogP contribution in [-0.2, 0) is 16.4 Å². The summed E-state index contributed by atoms with van der Waals surface area (Å²) in [5, 5.41) is 0. The lowest BCUT2D eigenvalue weighted by Gasteiger charge is -2.32. The van der Waals surface area contributed by atoms with Gasteiger partial charge in [0, 0.05) is 17.6 Å². The van der Waals surface area contributed by atoms with Crippen LogP contribution in [0.1, 0.15) is 30.0 Å². The van der Waals surface area contributed by atoms with Crippen molar-refractivity contribution in [2.24, 2.45) is 0 Å². The lowest BCUT2D eigenvalue weighted by molar-refractivity contribution is 0.337. The Morgan fingerprint density at radius 1 is 1.09 bits per heavy atom. The van der Waals surface area contributed by atoms with Crippen molar-refractivity contribution in [1.29, 1.82) is 0 Å². The van der Waals surface area contributed by atoms with Crippen LogP contribution in [0.2, 0.25) is 0 Å². The van der Waals surface area contributed by atoms with Crippen molar-refractivity contribution < 1.29 is 8.42 Å². The first-order valence-electron chi connectivity index (χ1n) is 7.32. The molecule has 0 fully saturated rings. The van der Waals surface area contributed by atoms with Gasteiger partial charge >= 0.3 is 0 Å². The predicted molar refractivity (Wildman–Crippen MR) is 91.2 cm³/mol. The maximum absolute atomic E-state index is 13.0. The highest BCUT2D eigenvalue weighted by Gasteiger charge is 2.32. The van der Waals surface area contributed by atoms with Crippen LogP contribution in [0.25, 0.3) is 0 Å². The second-order valence-corrected chi connectivity index (χ2v) is 8.38. The van der Waals surface area contributed by atoms with E-state index >= 15 is 0 Å². The topological polar surface area (TPSA) is 37.4 Å². The number of aryl methyl sites for hydroxylation is 1. The van der Waals surface area contributed by atoms with Crippen LogP contribution in [0.15, 0.2) is 57.9 Å². The van der Waals surface area contributed by atoms with E-state index in [0.29, 0.717) is 9.37 Å². The first-order chi connectivity index (χ1) is 10.5. The fourth-order valence-electron chi connectivity index (χ4n) is 3.08. The summed E-state index contributed by atoms with van der Waals surface area (Å²) >= 11 is 3.35. The molecule has 2 aromatic carbocycles. The zero-order chi connectivity index (χ0) is 15.7. The molecule has 0 amide bonds. The first kappa shape index (κ1) is 15.7. The molecular formula is C17H18BrNO2S. The van der Waals surface area contributed by atoms with E-state index in [-0.39, 0.29) is 6.04 Å². The van der Waals surface area contributed by atoms with Crippen molar-refractivity contribution in [3.05, 3.63) is 64.1 Å². The summed E-state index contributed by atoms with van der Waals surface area (Å²) < 4.78 is 28.0. The second-order valence-electron chi connectivity index (χ2n) is 5.56. The maximum Gasteiger partial charge on any atom is 0.244 e. The van der Waals surface area contributed by atoms with E-state index in [9.17, 15) is 8.42 Å². The van der Waals surface area contributed by atoms with Crippen LogP contribution < -0.4 is 0 Å². The third-order valence-electron chi connectivity index (χ3n) is 4.27. The van der Waals surface area contributed by atoms with Gasteiger partial charge in [-0.3, -0.25) is 0 Å². The Balaban J connectivity index is 2.02. The SMILES string of the molecule is CN([C@H]1CCCc2ccccc21)S(=O)(=O)c1ccccc1Br. The van der Waals surface area contributed by atoms with Gasteiger partial charge in [0.25, 0.3) is 0 Å². The van der Waals surface area contributed by atoms with Crippen molar-refractivity contribution in [1.82, 2.24) is 4.31 Å². The second kappa shape index (κ2) is 6.14. The number of sulfonamides is 1. The van der Waals surface area contributed by atoms with E-state index in [1.165, 1.54) is 9.87 Å². The molecule has 5 heteroatoms. The van der Waals surface area contributed by atoms with Gasteiger partial charge in [0.2, 0.25) is 10.0 Å². The Morgan fingerprint density at radius 3 is 2.55 bits per heavy atom. The molecule has 2 aromatic rings. The minimum absolute atomic E-state index is 0.0953. The molecule has 22 heavy (non-hydrogen) atoms. The summed E-state index contributed by atoms with van der Waals surface area (Å²) in [6.07, 6.45) is 2.89. The molecule has 0 aliphatic heterocycles. The highest BCUT2D eigenvalue weighted by Crippen LogP contribution is 2.37. The van der Waals surface area contributed by atoms with E-state index < -0.39 is 10.0 Å². The van der Waals surface area contributed by atoms with Crippen LogP contribution >= 0.6 is 15.9 Å². The normalized spacial score (nSPS) is 18.2. The molecule has 1 atom stereocenters. The fourth-order valence-corrected chi connectivity index (χ4v) is 5.41. The van der Waals surface area contributed by atoms with Crippen molar-refractivity contribution in [2.75, 3.05) is 7.05 Å². The number of fused-ring (bicyclic) bond motifs is 1.